The molecule has 252 valence electrons. The molecule has 5 aliphatic rings. The van der Waals surface area contributed by atoms with Gasteiger partial charge in [-0.05, 0) is 139 Å². The zero-order valence-electron chi connectivity index (χ0n) is 28.8. The molecular formula is C39H53N5O3. The van der Waals surface area contributed by atoms with Crippen LogP contribution in [0.3, 0.4) is 0 Å². The summed E-state index contributed by atoms with van der Waals surface area (Å²) in [7, 11) is 0. The van der Waals surface area contributed by atoms with E-state index in [1.807, 2.05) is 38.1 Å². The lowest BCUT2D eigenvalue weighted by molar-refractivity contribution is -0.129. The van der Waals surface area contributed by atoms with Crippen molar-refractivity contribution in [1.82, 2.24) is 25.1 Å². The molecule has 5 fully saturated rings. The fourth-order valence-electron chi connectivity index (χ4n) is 10.7. The molecule has 0 radical (unpaired) electrons. The van der Waals surface area contributed by atoms with Gasteiger partial charge in [0.2, 0.25) is 5.91 Å². The Hall–Kier alpha value is -3.39. The molecule has 8 rings (SSSR count). The lowest BCUT2D eigenvalue weighted by Crippen LogP contribution is -2.48. The number of H-pyrrole nitrogens is 1. The van der Waals surface area contributed by atoms with Crippen molar-refractivity contribution in [3.8, 4) is 0 Å². The van der Waals surface area contributed by atoms with Crippen LogP contribution >= 0.6 is 0 Å². The molecule has 4 saturated carbocycles. The number of aromatic nitrogens is 2. The molecule has 0 unspecified atom stereocenters. The highest BCUT2D eigenvalue weighted by Crippen LogP contribution is 2.61. The van der Waals surface area contributed by atoms with Gasteiger partial charge in [0.1, 0.15) is 0 Å². The van der Waals surface area contributed by atoms with Gasteiger partial charge in [0, 0.05) is 60.0 Å². The van der Waals surface area contributed by atoms with Crippen LogP contribution in [0.5, 0.6) is 0 Å². The quantitative estimate of drug-likeness (QED) is 0.247. The van der Waals surface area contributed by atoms with Crippen molar-refractivity contribution in [3.63, 3.8) is 0 Å². The van der Waals surface area contributed by atoms with Gasteiger partial charge in [-0.3, -0.25) is 14.4 Å². The Morgan fingerprint density at radius 3 is 2.30 bits per heavy atom. The van der Waals surface area contributed by atoms with E-state index in [9.17, 15) is 14.4 Å². The average Bonchev–Trinajstić information content (AvgIpc) is 3.31. The van der Waals surface area contributed by atoms with Crippen LogP contribution < -0.4 is 16.2 Å². The molecule has 4 bridgehead atoms. The van der Waals surface area contributed by atoms with E-state index in [1.165, 1.54) is 38.5 Å². The minimum atomic E-state index is -0.151. The van der Waals surface area contributed by atoms with E-state index in [2.05, 4.69) is 45.0 Å². The largest absolute Gasteiger partial charge is 0.355 e. The predicted octanol–water partition coefficient (Wildman–Crippen LogP) is 6.18. The molecule has 3 N–H and O–H groups in total. The van der Waals surface area contributed by atoms with Crippen LogP contribution in [0.25, 0.3) is 10.9 Å². The summed E-state index contributed by atoms with van der Waals surface area (Å²) >= 11 is 0. The fourth-order valence-corrected chi connectivity index (χ4v) is 10.7. The number of hydrogen-bond acceptors (Lipinski definition) is 4. The number of piperidine rings is 1. The number of carbonyl (C=O) groups excluding carboxylic acids is 2. The maximum atomic E-state index is 13.7. The standard InChI is InChI=1S/C39H53N5O3/c1-24-15-25(2)42-37(46)33(24)23-41-38(47)36-27(4)44(34-8-6-5-7-32(34)36)26(3)31-9-12-43(13-10-31)14-11-40-35(45)22-39-19-28-16-29(20-39)18-30(17-28)21-39/h5-8,15,26,28-31H,9-14,16-23H2,1-4H3,(H,40,45)(H,41,47)(H,42,46)/t26-,28?,29?,30?,39?/m1/s1. The van der Waals surface area contributed by atoms with Crippen LogP contribution in [0.1, 0.15) is 104 Å². The van der Waals surface area contributed by atoms with Crippen molar-refractivity contribution in [3.05, 3.63) is 68.8 Å². The van der Waals surface area contributed by atoms with Crippen molar-refractivity contribution in [2.24, 2.45) is 29.1 Å². The van der Waals surface area contributed by atoms with Gasteiger partial charge in [0.25, 0.3) is 11.5 Å². The monoisotopic (exact) mass is 639 g/mol. The van der Waals surface area contributed by atoms with Gasteiger partial charge in [0.15, 0.2) is 0 Å². The molecule has 8 heteroatoms. The van der Waals surface area contributed by atoms with E-state index < -0.39 is 0 Å². The van der Waals surface area contributed by atoms with E-state index in [0.717, 1.165) is 91.0 Å². The van der Waals surface area contributed by atoms with Gasteiger partial charge in [-0.25, -0.2) is 0 Å². The van der Waals surface area contributed by atoms with Gasteiger partial charge >= 0.3 is 0 Å². The third kappa shape index (κ3) is 6.42. The van der Waals surface area contributed by atoms with Crippen LogP contribution in [0.2, 0.25) is 0 Å². The Kier molecular flexibility index (Phi) is 8.83. The summed E-state index contributed by atoms with van der Waals surface area (Å²) in [4.78, 5) is 44.6. The Balaban J connectivity index is 0.940. The highest BCUT2D eigenvalue weighted by atomic mass is 16.2. The van der Waals surface area contributed by atoms with Gasteiger partial charge in [-0.1, -0.05) is 18.2 Å². The Morgan fingerprint density at radius 1 is 0.979 bits per heavy atom. The second-order valence-electron chi connectivity index (χ2n) is 15.8. The van der Waals surface area contributed by atoms with E-state index in [4.69, 9.17) is 0 Å². The van der Waals surface area contributed by atoms with Crippen LogP contribution in [-0.2, 0) is 11.3 Å². The first kappa shape index (κ1) is 32.2. The summed E-state index contributed by atoms with van der Waals surface area (Å²) in [5.74, 6) is 3.27. The number of amides is 2. The minimum absolute atomic E-state index is 0.149. The molecule has 0 spiro atoms. The molecule has 47 heavy (non-hydrogen) atoms. The highest BCUT2D eigenvalue weighted by molar-refractivity contribution is 6.08. The van der Waals surface area contributed by atoms with Crippen LogP contribution in [0, 0.1) is 49.9 Å². The number of nitrogens with one attached hydrogen (secondary N) is 3. The zero-order valence-corrected chi connectivity index (χ0v) is 28.8. The SMILES string of the molecule is Cc1cc(C)c(CNC(=O)c2c(C)n([C@H](C)C3CCN(CCNC(=O)CC45CC6CC(CC(C6)C4)C5)CC3)c3ccccc23)c(=O)[nH]1. The number of benzene rings is 1. The number of aryl methyl sites for hydroxylation is 2. The summed E-state index contributed by atoms with van der Waals surface area (Å²) in [5, 5.41) is 7.29. The molecule has 3 aromatic rings. The number of aromatic amines is 1. The molecule has 1 aromatic carbocycles. The second-order valence-corrected chi connectivity index (χ2v) is 15.8. The maximum absolute atomic E-state index is 13.7. The molecule has 8 nitrogen and oxygen atoms in total. The first-order valence-electron chi connectivity index (χ1n) is 18.2. The number of nitrogens with zero attached hydrogens (tertiary/aromatic N) is 2. The van der Waals surface area contributed by atoms with Crippen molar-refractivity contribution in [2.75, 3.05) is 26.2 Å². The van der Waals surface area contributed by atoms with E-state index in [-0.39, 0.29) is 30.0 Å². The summed E-state index contributed by atoms with van der Waals surface area (Å²) in [6.07, 6.45) is 11.0. The number of fused-ring (bicyclic) bond motifs is 1. The van der Waals surface area contributed by atoms with E-state index in [1.54, 1.807) is 0 Å². The fraction of sp³-hybridized carbons (Fsp3) is 0.615. The number of hydrogen-bond donors (Lipinski definition) is 3. The molecule has 1 saturated heterocycles. The lowest BCUT2D eigenvalue weighted by atomic mass is 9.49. The molecule has 1 atom stereocenters. The summed E-state index contributed by atoms with van der Waals surface area (Å²) in [6, 6.07) is 10.4. The summed E-state index contributed by atoms with van der Waals surface area (Å²) in [5.41, 5.74) is 5.17. The maximum Gasteiger partial charge on any atom is 0.254 e. The van der Waals surface area contributed by atoms with Gasteiger partial charge in [-0.2, -0.15) is 0 Å². The van der Waals surface area contributed by atoms with Crippen molar-refractivity contribution in [2.45, 2.75) is 98.1 Å². The molecule has 2 aromatic heterocycles. The minimum Gasteiger partial charge on any atom is -0.355 e. The third-order valence-electron chi connectivity index (χ3n) is 12.5. The van der Waals surface area contributed by atoms with Gasteiger partial charge in [0.05, 0.1) is 5.56 Å². The molecule has 2 amide bonds. The van der Waals surface area contributed by atoms with Crippen molar-refractivity contribution in [1.29, 1.82) is 0 Å². The number of carbonyl (C=O) groups is 2. The van der Waals surface area contributed by atoms with Crippen molar-refractivity contribution >= 4 is 22.7 Å². The normalized spacial score (nSPS) is 26.5. The van der Waals surface area contributed by atoms with Crippen LogP contribution in [0.15, 0.2) is 35.1 Å². The molecule has 4 aliphatic carbocycles. The van der Waals surface area contributed by atoms with Crippen LogP contribution in [-0.4, -0.2) is 52.4 Å². The predicted molar refractivity (Wildman–Crippen MR) is 186 cm³/mol. The first-order valence-corrected chi connectivity index (χ1v) is 18.2. The topological polar surface area (TPSA) is 99.2 Å². The number of rotatable bonds is 10. The van der Waals surface area contributed by atoms with Gasteiger partial charge < -0.3 is 25.1 Å². The van der Waals surface area contributed by atoms with Gasteiger partial charge in [-0.15, -0.1) is 0 Å². The van der Waals surface area contributed by atoms with E-state index in [0.29, 0.717) is 22.5 Å². The number of pyridine rings is 1. The second kappa shape index (κ2) is 12.9. The highest BCUT2D eigenvalue weighted by Gasteiger charge is 2.51. The Labute approximate surface area is 279 Å². The molecular weight excluding hydrogens is 586 g/mol. The summed E-state index contributed by atoms with van der Waals surface area (Å²) in [6.45, 7) is 12.0. The Bertz CT molecular complexity index is 1680. The van der Waals surface area contributed by atoms with Crippen LogP contribution in [0.4, 0.5) is 0 Å². The number of para-hydroxylation sites is 1. The smallest absolute Gasteiger partial charge is 0.254 e. The number of likely N-dealkylation sites (tertiary alicyclic amines) is 1. The first-order chi connectivity index (χ1) is 22.6. The van der Waals surface area contributed by atoms with Crippen molar-refractivity contribution < 1.29 is 9.59 Å². The third-order valence-corrected chi connectivity index (χ3v) is 12.5. The zero-order chi connectivity index (χ0) is 32.9. The lowest BCUT2D eigenvalue weighted by Gasteiger charge is -2.56. The Morgan fingerprint density at radius 2 is 1.64 bits per heavy atom. The summed E-state index contributed by atoms with van der Waals surface area (Å²) < 4.78 is 2.36. The average molecular weight is 640 g/mol. The molecule has 3 heterocycles. The van der Waals surface area contributed by atoms with E-state index >= 15 is 0 Å². The molecule has 1 aliphatic heterocycles.